The maximum atomic E-state index is 13.7. The lowest BCUT2D eigenvalue weighted by atomic mass is 9.81. The number of methoxy groups -OCH3 is 1. The second kappa shape index (κ2) is 9.40. The molecule has 6 rings (SSSR count). The highest BCUT2D eigenvalue weighted by molar-refractivity contribution is 7.18. The minimum absolute atomic E-state index is 0.0253. The fourth-order valence-electron chi connectivity index (χ4n) is 5.43. The van der Waals surface area contributed by atoms with Crippen LogP contribution in [0.25, 0.3) is 10.3 Å². The molecule has 1 spiro atoms. The van der Waals surface area contributed by atoms with Gasteiger partial charge < -0.3 is 19.3 Å². The zero-order valence-corrected chi connectivity index (χ0v) is 22.4. The molecular weight excluding hydrogens is 500 g/mol. The van der Waals surface area contributed by atoms with Gasteiger partial charge in [-0.3, -0.25) is 9.59 Å². The number of amides is 2. The molecule has 4 heterocycles. The van der Waals surface area contributed by atoms with Crippen LogP contribution in [0.3, 0.4) is 0 Å². The van der Waals surface area contributed by atoms with E-state index in [4.69, 9.17) is 9.47 Å². The zero-order chi connectivity index (χ0) is 26.4. The second-order valence-electron chi connectivity index (χ2n) is 10.0. The molecule has 1 unspecified atom stereocenters. The number of ether oxygens (including phenoxy) is 2. The molecule has 0 bridgehead atoms. The Bertz CT molecular complexity index is 1550. The number of aryl methyl sites for hydroxylation is 1. The maximum absolute atomic E-state index is 13.7. The molecular formula is C29H28N4O4S. The van der Waals surface area contributed by atoms with Crippen LogP contribution < -0.4 is 14.4 Å². The molecule has 0 radical (unpaired) electrons. The van der Waals surface area contributed by atoms with E-state index in [-0.39, 0.29) is 23.7 Å². The molecule has 2 aliphatic heterocycles. The molecule has 8 nitrogen and oxygen atoms in total. The number of pyridine rings is 1. The average molecular weight is 529 g/mol. The summed E-state index contributed by atoms with van der Waals surface area (Å²) in [6, 6.07) is 17.5. The lowest BCUT2D eigenvalue weighted by Gasteiger charge is -2.25. The van der Waals surface area contributed by atoms with E-state index in [9.17, 15) is 9.59 Å². The maximum Gasteiger partial charge on any atom is 0.233 e. The van der Waals surface area contributed by atoms with Gasteiger partial charge in [0.05, 0.1) is 13.5 Å². The molecule has 0 aliphatic carbocycles. The molecule has 2 aromatic heterocycles. The fraction of sp³-hybridized carbons (Fsp3) is 0.310. The number of thiazole rings is 1. The van der Waals surface area contributed by atoms with Gasteiger partial charge in [0.2, 0.25) is 17.7 Å². The summed E-state index contributed by atoms with van der Waals surface area (Å²) in [4.78, 5) is 39.4. The van der Waals surface area contributed by atoms with Gasteiger partial charge in [0.15, 0.2) is 0 Å². The average Bonchev–Trinajstić information content (AvgIpc) is 3.61. The van der Waals surface area contributed by atoms with Crippen molar-refractivity contribution >= 4 is 39.2 Å². The molecule has 1 atom stereocenters. The summed E-state index contributed by atoms with van der Waals surface area (Å²) in [6.07, 6.45) is 0.971. The van der Waals surface area contributed by atoms with E-state index in [0.717, 1.165) is 39.3 Å². The first-order valence-corrected chi connectivity index (χ1v) is 13.4. The molecule has 4 aromatic rings. The standard InChI is InChI=1S/C29H28N4O4S/c1-18-4-6-20(7-5-18)37-21-8-10-24-22(14-21)29(12-13-32(16-29)19(2)34)17-33(24)27(35)15-26-30-23-9-11-25(36-3)31-28(23)38-26/h4-11,14H,12-13,15-17H2,1-3H3. The van der Waals surface area contributed by atoms with Crippen LogP contribution in [0.4, 0.5) is 5.69 Å². The van der Waals surface area contributed by atoms with E-state index in [1.165, 1.54) is 11.3 Å². The number of fused-ring (bicyclic) bond motifs is 3. The zero-order valence-electron chi connectivity index (χ0n) is 21.6. The smallest absolute Gasteiger partial charge is 0.233 e. The van der Waals surface area contributed by atoms with Gasteiger partial charge in [-0.1, -0.05) is 29.0 Å². The third kappa shape index (κ3) is 4.36. The van der Waals surface area contributed by atoms with Gasteiger partial charge >= 0.3 is 0 Å². The van der Waals surface area contributed by atoms with Crippen molar-refractivity contribution in [1.29, 1.82) is 0 Å². The third-order valence-corrected chi connectivity index (χ3v) is 8.40. The van der Waals surface area contributed by atoms with E-state index in [2.05, 4.69) is 9.97 Å². The van der Waals surface area contributed by atoms with E-state index in [1.54, 1.807) is 20.1 Å². The first-order chi connectivity index (χ1) is 18.3. The highest BCUT2D eigenvalue weighted by Crippen LogP contribution is 2.48. The summed E-state index contributed by atoms with van der Waals surface area (Å²) in [5.74, 6) is 2.02. The highest BCUT2D eigenvalue weighted by Gasteiger charge is 2.49. The van der Waals surface area contributed by atoms with E-state index >= 15 is 0 Å². The Hall–Kier alpha value is -3.98. The number of hydrogen-bond acceptors (Lipinski definition) is 7. The van der Waals surface area contributed by atoms with E-state index in [1.807, 2.05) is 65.3 Å². The second-order valence-corrected chi connectivity index (χ2v) is 11.1. The van der Waals surface area contributed by atoms with Crippen LogP contribution in [-0.4, -0.2) is 53.4 Å². The lowest BCUT2D eigenvalue weighted by molar-refractivity contribution is -0.127. The van der Waals surface area contributed by atoms with Crippen LogP contribution in [0, 0.1) is 6.92 Å². The summed E-state index contributed by atoms with van der Waals surface area (Å²) in [6.45, 7) is 5.42. The molecule has 1 fully saturated rings. The number of carbonyl (C=O) groups excluding carboxylic acids is 2. The SMILES string of the molecule is COc1ccc2nc(CC(=O)N3CC4(CCN(C(C)=O)C4)c4cc(Oc5ccc(C)cc5)ccc43)sc2n1. The molecule has 2 amide bonds. The number of rotatable bonds is 5. The van der Waals surface area contributed by atoms with E-state index < -0.39 is 0 Å². The first kappa shape index (κ1) is 24.4. The summed E-state index contributed by atoms with van der Waals surface area (Å²) in [5, 5.41) is 0.712. The number of aromatic nitrogens is 2. The van der Waals surface area contributed by atoms with Crippen molar-refractivity contribution in [2.75, 3.05) is 31.6 Å². The molecule has 2 aliphatic rings. The molecule has 194 valence electrons. The minimum Gasteiger partial charge on any atom is -0.481 e. The van der Waals surface area contributed by atoms with Crippen molar-refractivity contribution in [3.8, 4) is 17.4 Å². The Morgan fingerprint density at radius 3 is 2.55 bits per heavy atom. The van der Waals surface area contributed by atoms with Gasteiger partial charge in [0.25, 0.3) is 0 Å². The topological polar surface area (TPSA) is 84.9 Å². The van der Waals surface area contributed by atoms with Crippen molar-refractivity contribution in [2.24, 2.45) is 0 Å². The van der Waals surface area contributed by atoms with Gasteiger partial charge in [-0.05, 0) is 55.3 Å². The van der Waals surface area contributed by atoms with Crippen molar-refractivity contribution < 1.29 is 19.1 Å². The van der Waals surface area contributed by atoms with Crippen molar-refractivity contribution in [2.45, 2.75) is 32.1 Å². The minimum atomic E-state index is -0.328. The highest BCUT2D eigenvalue weighted by atomic mass is 32.1. The Labute approximate surface area is 224 Å². The monoisotopic (exact) mass is 528 g/mol. The number of nitrogens with zero attached hydrogens (tertiary/aromatic N) is 4. The fourth-order valence-corrected chi connectivity index (χ4v) is 6.34. The van der Waals surface area contributed by atoms with Crippen LogP contribution in [0.2, 0.25) is 0 Å². The van der Waals surface area contributed by atoms with E-state index in [0.29, 0.717) is 36.3 Å². The van der Waals surface area contributed by atoms with Crippen LogP contribution in [0.1, 0.15) is 29.5 Å². The van der Waals surface area contributed by atoms with Crippen LogP contribution in [0.15, 0.2) is 54.6 Å². The number of hydrogen-bond donors (Lipinski definition) is 0. The molecule has 0 saturated carbocycles. The van der Waals surface area contributed by atoms with Crippen molar-refractivity contribution in [3.63, 3.8) is 0 Å². The van der Waals surface area contributed by atoms with Gasteiger partial charge in [-0.15, -0.1) is 0 Å². The predicted octanol–water partition coefficient (Wildman–Crippen LogP) is 4.88. The molecule has 1 saturated heterocycles. The van der Waals surface area contributed by atoms with Crippen LogP contribution >= 0.6 is 11.3 Å². The van der Waals surface area contributed by atoms with Gasteiger partial charge in [0, 0.05) is 43.7 Å². The first-order valence-electron chi connectivity index (χ1n) is 12.6. The van der Waals surface area contributed by atoms with Gasteiger partial charge in [-0.2, -0.15) is 0 Å². The molecule has 0 N–H and O–H groups in total. The van der Waals surface area contributed by atoms with Crippen molar-refractivity contribution in [1.82, 2.24) is 14.9 Å². The lowest BCUT2D eigenvalue weighted by Crippen LogP contribution is -2.40. The Balaban J connectivity index is 1.31. The number of benzene rings is 2. The summed E-state index contributed by atoms with van der Waals surface area (Å²) < 4.78 is 11.4. The predicted molar refractivity (Wildman–Crippen MR) is 146 cm³/mol. The third-order valence-electron chi connectivity index (χ3n) is 7.43. The van der Waals surface area contributed by atoms with Crippen molar-refractivity contribution in [3.05, 3.63) is 70.7 Å². The Morgan fingerprint density at radius 2 is 1.82 bits per heavy atom. The number of likely N-dealkylation sites (tertiary alicyclic amines) is 1. The normalized spacial score (nSPS) is 18.3. The Morgan fingerprint density at radius 1 is 1.03 bits per heavy atom. The largest absolute Gasteiger partial charge is 0.481 e. The van der Waals surface area contributed by atoms with Crippen LogP contribution in [-0.2, 0) is 21.4 Å². The quantitative estimate of drug-likeness (QED) is 0.367. The molecule has 38 heavy (non-hydrogen) atoms. The van der Waals surface area contributed by atoms with Gasteiger partial charge in [0.1, 0.15) is 26.9 Å². The Kier molecular flexibility index (Phi) is 6.03. The summed E-state index contributed by atoms with van der Waals surface area (Å²) in [7, 11) is 1.58. The number of carbonyl (C=O) groups is 2. The van der Waals surface area contributed by atoms with Crippen LogP contribution in [0.5, 0.6) is 17.4 Å². The van der Waals surface area contributed by atoms with Gasteiger partial charge in [-0.25, -0.2) is 9.97 Å². The number of anilines is 1. The summed E-state index contributed by atoms with van der Waals surface area (Å²) in [5.41, 5.74) is 3.51. The molecule has 2 aromatic carbocycles. The summed E-state index contributed by atoms with van der Waals surface area (Å²) >= 11 is 1.41. The molecule has 9 heteroatoms.